The first-order chi connectivity index (χ1) is 4.33. The van der Waals surface area contributed by atoms with Crippen molar-refractivity contribution < 1.29 is 0 Å². The molecule has 0 aliphatic rings. The van der Waals surface area contributed by atoms with Gasteiger partial charge in [0.2, 0.25) is 0 Å². The number of aryl methyl sites for hydroxylation is 1. The highest BCUT2D eigenvalue weighted by atomic mass is 13.9. The van der Waals surface area contributed by atoms with Crippen molar-refractivity contribution in [3.8, 4) is 12.3 Å². The van der Waals surface area contributed by atoms with Crippen LogP contribution in [-0.2, 0) is 0 Å². The maximum absolute atomic E-state index is 5.15. The van der Waals surface area contributed by atoms with Gasteiger partial charge in [-0.15, -0.1) is 6.42 Å². The molecule has 0 bridgehead atoms. The van der Waals surface area contributed by atoms with Crippen molar-refractivity contribution >= 4 is 0 Å². The zero-order chi connectivity index (χ0) is 6.69. The fourth-order valence-corrected chi connectivity index (χ4v) is 0.675. The third-order valence-corrected chi connectivity index (χ3v) is 1.10. The first kappa shape index (κ1) is 5.91. The molecule has 1 aromatic rings. The maximum atomic E-state index is 5.15. The lowest BCUT2D eigenvalue weighted by atomic mass is 10.1. The maximum Gasteiger partial charge on any atom is 0.0251 e. The Kier molecular flexibility index (Phi) is 1.55. The van der Waals surface area contributed by atoms with E-state index in [2.05, 4.69) is 12.0 Å². The number of rotatable bonds is 0. The molecule has 0 amide bonds. The number of hydrogen-bond acceptors (Lipinski definition) is 0. The molecule has 0 unspecified atom stereocenters. The molecule has 0 saturated heterocycles. The van der Waals surface area contributed by atoms with Gasteiger partial charge in [-0.2, -0.15) is 0 Å². The van der Waals surface area contributed by atoms with E-state index in [0.29, 0.717) is 0 Å². The highest BCUT2D eigenvalue weighted by Crippen LogP contribution is 1.99. The van der Waals surface area contributed by atoms with E-state index in [-0.39, 0.29) is 0 Å². The van der Waals surface area contributed by atoms with Gasteiger partial charge in [0.15, 0.2) is 0 Å². The second kappa shape index (κ2) is 2.37. The van der Waals surface area contributed by atoms with Crippen LogP contribution in [0.25, 0.3) is 0 Å². The molecule has 1 radical (unpaired) electrons. The standard InChI is InChI=1S/C9H7/c1-3-9-6-4-5-8(2)7-9/h1,5-7H,2H3. The first-order valence-corrected chi connectivity index (χ1v) is 2.77. The van der Waals surface area contributed by atoms with Crippen molar-refractivity contribution in [1.82, 2.24) is 0 Å². The molecule has 0 nitrogen and oxygen atoms in total. The van der Waals surface area contributed by atoms with E-state index in [4.69, 9.17) is 6.42 Å². The average molecular weight is 115 g/mol. The van der Waals surface area contributed by atoms with Crippen LogP contribution < -0.4 is 0 Å². The summed E-state index contributed by atoms with van der Waals surface area (Å²) in [5, 5.41) is 0. The largest absolute Gasteiger partial charge is 0.115 e. The smallest absolute Gasteiger partial charge is 0.0251 e. The van der Waals surface area contributed by atoms with E-state index in [1.807, 2.05) is 19.1 Å². The van der Waals surface area contributed by atoms with Crippen molar-refractivity contribution in [2.75, 3.05) is 0 Å². The molecule has 0 saturated carbocycles. The van der Waals surface area contributed by atoms with Gasteiger partial charge < -0.3 is 0 Å². The zero-order valence-electron chi connectivity index (χ0n) is 5.31. The van der Waals surface area contributed by atoms with Crippen molar-refractivity contribution in [3.05, 3.63) is 35.4 Å². The van der Waals surface area contributed by atoms with Gasteiger partial charge in [0.1, 0.15) is 0 Å². The lowest BCUT2D eigenvalue weighted by Gasteiger charge is -1.89. The molecule has 43 valence electrons. The molecule has 0 N–H and O–H groups in total. The summed E-state index contributed by atoms with van der Waals surface area (Å²) in [6.07, 6.45) is 5.15. The SMILES string of the molecule is C#Cc1c[c]cc(C)c1. The van der Waals surface area contributed by atoms with Crippen molar-refractivity contribution in [2.45, 2.75) is 6.92 Å². The summed E-state index contributed by atoms with van der Waals surface area (Å²) in [6.45, 7) is 2.00. The van der Waals surface area contributed by atoms with Crippen LogP contribution in [-0.4, -0.2) is 0 Å². The van der Waals surface area contributed by atoms with Crippen LogP contribution in [0.2, 0.25) is 0 Å². The minimum atomic E-state index is 0.898. The van der Waals surface area contributed by atoms with E-state index in [9.17, 15) is 0 Å². The zero-order valence-corrected chi connectivity index (χ0v) is 5.31. The lowest BCUT2D eigenvalue weighted by molar-refractivity contribution is 1.45. The van der Waals surface area contributed by atoms with Gasteiger partial charge in [0.25, 0.3) is 0 Å². The first-order valence-electron chi connectivity index (χ1n) is 2.77. The molecule has 0 spiro atoms. The fraction of sp³-hybridized carbons (Fsp3) is 0.111. The Morgan fingerprint density at radius 1 is 1.56 bits per heavy atom. The highest BCUT2D eigenvalue weighted by Gasteiger charge is 1.84. The summed E-state index contributed by atoms with van der Waals surface area (Å²) >= 11 is 0. The second-order valence-electron chi connectivity index (χ2n) is 1.94. The number of hydrogen-bond donors (Lipinski definition) is 0. The predicted octanol–water partition coefficient (Wildman–Crippen LogP) is 1.78. The van der Waals surface area contributed by atoms with E-state index in [1.54, 1.807) is 6.07 Å². The normalized spacial score (nSPS) is 8.44. The van der Waals surface area contributed by atoms with Gasteiger partial charge in [-0.3, -0.25) is 0 Å². The van der Waals surface area contributed by atoms with E-state index in [1.165, 1.54) is 0 Å². The van der Waals surface area contributed by atoms with E-state index in [0.717, 1.165) is 11.1 Å². The Morgan fingerprint density at radius 3 is 2.78 bits per heavy atom. The van der Waals surface area contributed by atoms with Gasteiger partial charge in [0, 0.05) is 5.56 Å². The monoisotopic (exact) mass is 115 g/mol. The highest BCUT2D eigenvalue weighted by molar-refractivity contribution is 5.33. The summed E-state index contributed by atoms with van der Waals surface area (Å²) in [5.41, 5.74) is 2.06. The van der Waals surface area contributed by atoms with Gasteiger partial charge in [0.05, 0.1) is 0 Å². The molecular weight excluding hydrogens is 108 g/mol. The number of terminal acetylenes is 1. The van der Waals surface area contributed by atoms with Gasteiger partial charge >= 0.3 is 0 Å². The van der Waals surface area contributed by atoms with E-state index < -0.39 is 0 Å². The third-order valence-electron chi connectivity index (χ3n) is 1.10. The molecule has 0 atom stereocenters. The Hall–Kier alpha value is -1.22. The molecule has 0 fully saturated rings. The number of benzene rings is 1. The minimum absolute atomic E-state index is 0.898. The van der Waals surface area contributed by atoms with Gasteiger partial charge in [-0.05, 0) is 30.7 Å². The summed E-state index contributed by atoms with van der Waals surface area (Å²) in [4.78, 5) is 0. The van der Waals surface area contributed by atoms with Crippen molar-refractivity contribution in [2.24, 2.45) is 0 Å². The Morgan fingerprint density at radius 2 is 2.33 bits per heavy atom. The molecule has 1 aromatic carbocycles. The van der Waals surface area contributed by atoms with Crippen LogP contribution in [0.4, 0.5) is 0 Å². The Balaban J connectivity index is 3.12. The van der Waals surface area contributed by atoms with Crippen molar-refractivity contribution in [3.63, 3.8) is 0 Å². The van der Waals surface area contributed by atoms with Gasteiger partial charge in [-0.25, -0.2) is 0 Å². The van der Waals surface area contributed by atoms with Crippen LogP contribution in [0.1, 0.15) is 11.1 Å². The Labute approximate surface area is 55.5 Å². The van der Waals surface area contributed by atoms with Crippen LogP contribution in [0.15, 0.2) is 18.2 Å². The van der Waals surface area contributed by atoms with Crippen LogP contribution in [0.5, 0.6) is 0 Å². The van der Waals surface area contributed by atoms with Gasteiger partial charge in [-0.1, -0.05) is 12.0 Å². The minimum Gasteiger partial charge on any atom is -0.115 e. The predicted molar refractivity (Wildman–Crippen MR) is 38.0 cm³/mol. The molecule has 0 heteroatoms. The van der Waals surface area contributed by atoms with Crippen molar-refractivity contribution in [1.29, 1.82) is 0 Å². The lowest BCUT2D eigenvalue weighted by Crippen LogP contribution is -1.74. The topological polar surface area (TPSA) is 0 Å². The van der Waals surface area contributed by atoms with Crippen LogP contribution in [0.3, 0.4) is 0 Å². The second-order valence-corrected chi connectivity index (χ2v) is 1.94. The average Bonchev–Trinajstić information content (AvgIpc) is 1.88. The summed E-state index contributed by atoms with van der Waals surface area (Å²) in [7, 11) is 0. The molecule has 1 rings (SSSR count). The molecule has 0 aromatic heterocycles. The quantitative estimate of drug-likeness (QED) is 0.452. The summed E-state index contributed by atoms with van der Waals surface area (Å²) in [6, 6.07) is 8.59. The Bertz CT molecular complexity index is 240. The molecule has 9 heavy (non-hydrogen) atoms. The third kappa shape index (κ3) is 1.33. The molecule has 0 aliphatic carbocycles. The van der Waals surface area contributed by atoms with Crippen LogP contribution >= 0.6 is 0 Å². The summed E-state index contributed by atoms with van der Waals surface area (Å²) in [5.74, 6) is 2.54. The summed E-state index contributed by atoms with van der Waals surface area (Å²) < 4.78 is 0. The molecule has 0 heterocycles. The van der Waals surface area contributed by atoms with E-state index >= 15 is 0 Å². The molecule has 0 aliphatic heterocycles. The fourth-order valence-electron chi connectivity index (χ4n) is 0.675. The molecular formula is C9H7. The van der Waals surface area contributed by atoms with Crippen LogP contribution in [0, 0.1) is 25.3 Å².